The van der Waals surface area contributed by atoms with Gasteiger partial charge in [0.05, 0.1) is 7.11 Å². The Morgan fingerprint density at radius 2 is 2.05 bits per heavy atom. The number of hydrogen-bond acceptors (Lipinski definition) is 2. The number of fused-ring (bicyclic) bond motifs is 1. The summed E-state index contributed by atoms with van der Waals surface area (Å²) in [5.74, 6) is 1.43. The lowest BCUT2D eigenvalue weighted by Gasteiger charge is -2.35. The van der Waals surface area contributed by atoms with Gasteiger partial charge in [-0.3, -0.25) is 4.79 Å². The van der Waals surface area contributed by atoms with Gasteiger partial charge in [0, 0.05) is 19.5 Å². The van der Waals surface area contributed by atoms with Gasteiger partial charge in [-0.1, -0.05) is 6.92 Å². The van der Waals surface area contributed by atoms with Crippen molar-refractivity contribution in [3.63, 3.8) is 0 Å². The molecule has 2 aliphatic rings. The number of nitrogens with zero attached hydrogens (tertiary/aromatic N) is 1. The van der Waals surface area contributed by atoms with Crippen LogP contribution in [-0.4, -0.2) is 31.0 Å². The zero-order chi connectivity index (χ0) is 15.7. The largest absolute Gasteiger partial charge is 0.494 e. The highest BCUT2D eigenvalue weighted by Crippen LogP contribution is 2.44. The Bertz CT molecular complexity index is 564. The molecule has 22 heavy (non-hydrogen) atoms. The summed E-state index contributed by atoms with van der Waals surface area (Å²) in [4.78, 5) is 13.8. The maximum atomic E-state index is 13.8. The van der Waals surface area contributed by atoms with Crippen LogP contribution in [0, 0.1) is 11.7 Å². The third-order valence-corrected chi connectivity index (χ3v) is 5.30. The van der Waals surface area contributed by atoms with Crippen molar-refractivity contribution >= 4 is 5.91 Å². The van der Waals surface area contributed by atoms with Crippen molar-refractivity contribution in [1.82, 2.24) is 4.90 Å². The summed E-state index contributed by atoms with van der Waals surface area (Å²) >= 11 is 0. The highest BCUT2D eigenvalue weighted by Gasteiger charge is 2.33. The van der Waals surface area contributed by atoms with Crippen molar-refractivity contribution in [2.75, 3.05) is 20.2 Å². The molecule has 4 heteroatoms. The molecule has 3 rings (SSSR count). The molecule has 1 aromatic rings. The average molecular weight is 305 g/mol. The second kappa shape index (κ2) is 6.27. The maximum absolute atomic E-state index is 13.8. The zero-order valence-corrected chi connectivity index (χ0v) is 13.4. The molecule has 1 heterocycles. The van der Waals surface area contributed by atoms with E-state index in [1.54, 1.807) is 6.07 Å². The van der Waals surface area contributed by atoms with E-state index in [1.807, 2.05) is 17.9 Å². The maximum Gasteiger partial charge on any atom is 0.222 e. The van der Waals surface area contributed by atoms with Gasteiger partial charge in [0.15, 0.2) is 11.6 Å². The molecular weight excluding hydrogens is 281 g/mol. The summed E-state index contributed by atoms with van der Waals surface area (Å²) < 4.78 is 19.0. The van der Waals surface area contributed by atoms with Crippen LogP contribution in [0.2, 0.25) is 0 Å². The monoisotopic (exact) mass is 305 g/mol. The predicted octanol–water partition coefficient (Wildman–Crippen LogP) is 3.51. The minimum absolute atomic E-state index is 0.258. The van der Waals surface area contributed by atoms with Gasteiger partial charge in [-0.05, 0) is 60.8 Å². The molecule has 1 fully saturated rings. The summed E-state index contributed by atoms with van der Waals surface area (Å²) in [5.41, 5.74) is 2.40. The van der Waals surface area contributed by atoms with Crippen LogP contribution < -0.4 is 4.74 Å². The number of likely N-dealkylation sites (tertiary alicyclic amines) is 1. The number of methoxy groups -OCH3 is 1. The second-order valence-electron chi connectivity index (χ2n) is 6.40. The number of piperidine rings is 1. The normalized spacial score (nSPS) is 21.8. The smallest absolute Gasteiger partial charge is 0.222 e. The third kappa shape index (κ3) is 2.71. The van der Waals surface area contributed by atoms with Crippen molar-refractivity contribution in [2.24, 2.45) is 5.92 Å². The van der Waals surface area contributed by atoms with E-state index >= 15 is 0 Å². The van der Waals surface area contributed by atoms with Crippen LogP contribution >= 0.6 is 0 Å². The first-order valence-corrected chi connectivity index (χ1v) is 8.28. The summed E-state index contributed by atoms with van der Waals surface area (Å²) in [5, 5.41) is 0. The third-order valence-electron chi connectivity index (χ3n) is 5.30. The quantitative estimate of drug-likeness (QED) is 0.855. The Morgan fingerprint density at radius 1 is 1.32 bits per heavy atom. The fraction of sp³-hybridized carbons (Fsp3) is 0.611. The number of rotatable bonds is 3. The molecule has 0 radical (unpaired) electrons. The first-order valence-electron chi connectivity index (χ1n) is 8.28. The van der Waals surface area contributed by atoms with E-state index in [9.17, 15) is 9.18 Å². The number of hydrogen-bond donors (Lipinski definition) is 0. The molecule has 0 N–H and O–H groups in total. The van der Waals surface area contributed by atoms with Gasteiger partial charge in [0.25, 0.3) is 0 Å². The first kappa shape index (κ1) is 15.3. The lowest BCUT2D eigenvalue weighted by molar-refractivity contribution is -0.132. The summed E-state index contributed by atoms with van der Waals surface area (Å²) in [6.07, 6.45) is 4.74. The van der Waals surface area contributed by atoms with Crippen molar-refractivity contribution in [2.45, 2.75) is 44.9 Å². The Morgan fingerprint density at radius 3 is 2.68 bits per heavy atom. The van der Waals surface area contributed by atoms with Crippen LogP contribution in [0.1, 0.15) is 49.7 Å². The summed E-state index contributed by atoms with van der Waals surface area (Å²) in [6.45, 7) is 3.64. The van der Waals surface area contributed by atoms with Gasteiger partial charge in [-0.15, -0.1) is 0 Å². The molecule has 1 aliphatic heterocycles. The van der Waals surface area contributed by atoms with Crippen molar-refractivity contribution < 1.29 is 13.9 Å². The SMILES string of the molecule is CCC(=O)N1CCC(C2CCc3cc(F)c(OC)cc32)CC1. The molecule has 0 aromatic heterocycles. The van der Waals surface area contributed by atoms with Crippen molar-refractivity contribution in [1.29, 1.82) is 0 Å². The Kier molecular flexibility index (Phi) is 4.37. The highest BCUT2D eigenvalue weighted by molar-refractivity contribution is 5.75. The lowest BCUT2D eigenvalue weighted by atomic mass is 9.81. The molecule has 1 aliphatic carbocycles. The van der Waals surface area contributed by atoms with Crippen LogP contribution in [-0.2, 0) is 11.2 Å². The molecule has 1 unspecified atom stereocenters. The standard InChI is InChI=1S/C18H24FNO2/c1-3-18(21)20-8-6-12(7-9-20)14-5-4-13-10-16(19)17(22-2)11-15(13)14/h10-12,14H,3-9H2,1-2H3. The average Bonchev–Trinajstić information content (AvgIpc) is 2.96. The first-order chi connectivity index (χ1) is 10.6. The number of aryl methyl sites for hydroxylation is 1. The molecule has 120 valence electrons. The van der Waals surface area contributed by atoms with E-state index in [1.165, 1.54) is 12.7 Å². The second-order valence-corrected chi connectivity index (χ2v) is 6.40. The van der Waals surface area contributed by atoms with E-state index in [0.29, 0.717) is 24.0 Å². The minimum atomic E-state index is -0.259. The Hall–Kier alpha value is -1.58. The van der Waals surface area contributed by atoms with Gasteiger partial charge in [0.1, 0.15) is 0 Å². The van der Waals surface area contributed by atoms with Gasteiger partial charge in [-0.25, -0.2) is 4.39 Å². The van der Waals surface area contributed by atoms with Crippen molar-refractivity contribution in [3.05, 3.63) is 29.1 Å². The summed E-state index contributed by atoms with van der Waals surface area (Å²) in [6, 6.07) is 3.54. The van der Waals surface area contributed by atoms with Crippen LogP contribution in [0.3, 0.4) is 0 Å². The fourth-order valence-electron chi connectivity index (χ4n) is 4.06. The highest BCUT2D eigenvalue weighted by atomic mass is 19.1. The molecular formula is C18H24FNO2. The van der Waals surface area contributed by atoms with Crippen LogP contribution in [0.4, 0.5) is 4.39 Å². The van der Waals surface area contributed by atoms with Gasteiger partial charge in [0.2, 0.25) is 5.91 Å². The van der Waals surface area contributed by atoms with E-state index in [4.69, 9.17) is 4.74 Å². The number of carbonyl (C=O) groups is 1. The zero-order valence-electron chi connectivity index (χ0n) is 13.4. The molecule has 0 spiro atoms. The number of carbonyl (C=O) groups excluding carboxylic acids is 1. The lowest BCUT2D eigenvalue weighted by Crippen LogP contribution is -2.39. The molecule has 0 bridgehead atoms. The molecule has 1 atom stereocenters. The predicted molar refractivity (Wildman–Crippen MR) is 83.6 cm³/mol. The van der Waals surface area contributed by atoms with E-state index in [-0.39, 0.29) is 11.7 Å². The Balaban J connectivity index is 1.73. The number of amides is 1. The van der Waals surface area contributed by atoms with Gasteiger partial charge >= 0.3 is 0 Å². The van der Waals surface area contributed by atoms with Gasteiger partial charge < -0.3 is 9.64 Å². The topological polar surface area (TPSA) is 29.5 Å². The van der Waals surface area contributed by atoms with E-state index in [0.717, 1.165) is 44.3 Å². The summed E-state index contributed by atoms with van der Waals surface area (Å²) in [7, 11) is 1.52. The molecule has 1 saturated heterocycles. The molecule has 3 nitrogen and oxygen atoms in total. The van der Waals surface area contributed by atoms with Crippen LogP contribution in [0.15, 0.2) is 12.1 Å². The van der Waals surface area contributed by atoms with E-state index in [2.05, 4.69) is 0 Å². The number of benzene rings is 1. The van der Waals surface area contributed by atoms with Crippen LogP contribution in [0.25, 0.3) is 0 Å². The van der Waals surface area contributed by atoms with Crippen LogP contribution in [0.5, 0.6) is 5.75 Å². The number of halogens is 1. The fourth-order valence-corrected chi connectivity index (χ4v) is 4.06. The molecule has 1 amide bonds. The van der Waals surface area contributed by atoms with Crippen molar-refractivity contribution in [3.8, 4) is 5.75 Å². The number of ether oxygens (including phenoxy) is 1. The van der Waals surface area contributed by atoms with Gasteiger partial charge in [-0.2, -0.15) is 0 Å². The molecule has 0 saturated carbocycles. The minimum Gasteiger partial charge on any atom is -0.494 e. The molecule has 1 aromatic carbocycles. The Labute approximate surface area is 131 Å². The van der Waals surface area contributed by atoms with E-state index < -0.39 is 0 Å².